The summed E-state index contributed by atoms with van der Waals surface area (Å²) in [7, 11) is 0. The molecule has 1 aromatic carbocycles. The van der Waals surface area contributed by atoms with E-state index in [4.69, 9.17) is 0 Å². The number of aromatic nitrogens is 3. The van der Waals surface area contributed by atoms with Crippen LogP contribution in [0, 0.1) is 12.8 Å². The van der Waals surface area contributed by atoms with Crippen LogP contribution in [0.2, 0.25) is 0 Å². The van der Waals surface area contributed by atoms with Gasteiger partial charge in [0.1, 0.15) is 5.69 Å². The molecule has 7 nitrogen and oxygen atoms in total. The second kappa shape index (κ2) is 8.26. The molecule has 4 rings (SSSR count). The summed E-state index contributed by atoms with van der Waals surface area (Å²) in [6, 6.07) is 13.2. The van der Waals surface area contributed by atoms with E-state index in [0.717, 1.165) is 29.7 Å². The standard InChI is InChI=1S/C22H23N5O2/c1-15-6-8-18(9-7-15)24-21(28)17-5-3-11-27(14-17)22(29)20-12-19(25-26-20)16-4-2-10-23-13-16/h2,4,6-10,12-13,17H,3,5,11,14H2,1H3,(H,24,28)(H,25,26)/t17-/m0/s1. The van der Waals surface area contributed by atoms with E-state index >= 15 is 0 Å². The van der Waals surface area contributed by atoms with Crippen molar-refractivity contribution in [3.05, 3.63) is 66.1 Å². The highest BCUT2D eigenvalue weighted by Crippen LogP contribution is 2.22. The van der Waals surface area contributed by atoms with E-state index in [1.165, 1.54) is 0 Å². The molecule has 1 aliphatic heterocycles. The Morgan fingerprint density at radius 1 is 1.21 bits per heavy atom. The summed E-state index contributed by atoms with van der Waals surface area (Å²) in [5.41, 5.74) is 3.86. The zero-order valence-electron chi connectivity index (χ0n) is 16.3. The minimum Gasteiger partial charge on any atom is -0.337 e. The zero-order valence-corrected chi connectivity index (χ0v) is 16.3. The van der Waals surface area contributed by atoms with Crippen LogP contribution >= 0.6 is 0 Å². The second-order valence-electron chi connectivity index (χ2n) is 7.35. The molecular weight excluding hydrogens is 366 g/mol. The second-order valence-corrected chi connectivity index (χ2v) is 7.35. The molecule has 1 aliphatic rings. The van der Waals surface area contributed by atoms with Gasteiger partial charge in [-0.2, -0.15) is 5.10 Å². The first-order valence-corrected chi connectivity index (χ1v) is 9.73. The van der Waals surface area contributed by atoms with Crippen molar-refractivity contribution in [3.63, 3.8) is 0 Å². The van der Waals surface area contributed by atoms with Crippen LogP contribution in [0.4, 0.5) is 5.69 Å². The van der Waals surface area contributed by atoms with Crippen molar-refractivity contribution in [1.82, 2.24) is 20.1 Å². The number of pyridine rings is 1. The highest BCUT2D eigenvalue weighted by Gasteiger charge is 2.29. The lowest BCUT2D eigenvalue weighted by atomic mass is 9.96. The molecule has 3 heterocycles. The van der Waals surface area contributed by atoms with Crippen molar-refractivity contribution in [2.75, 3.05) is 18.4 Å². The van der Waals surface area contributed by atoms with E-state index in [2.05, 4.69) is 20.5 Å². The fourth-order valence-electron chi connectivity index (χ4n) is 3.52. The minimum absolute atomic E-state index is 0.0491. The Kier molecular flexibility index (Phi) is 5.37. The summed E-state index contributed by atoms with van der Waals surface area (Å²) >= 11 is 0. The van der Waals surface area contributed by atoms with Crippen LogP contribution in [-0.4, -0.2) is 45.0 Å². The number of benzene rings is 1. The predicted octanol–water partition coefficient (Wildman–Crippen LogP) is 3.27. The molecule has 0 aliphatic carbocycles. The maximum atomic E-state index is 12.9. The molecule has 0 radical (unpaired) electrons. The van der Waals surface area contributed by atoms with E-state index < -0.39 is 0 Å². The molecule has 1 saturated heterocycles. The van der Waals surface area contributed by atoms with E-state index in [9.17, 15) is 9.59 Å². The number of amides is 2. The van der Waals surface area contributed by atoms with Gasteiger partial charge in [-0.15, -0.1) is 0 Å². The Balaban J connectivity index is 1.41. The first-order valence-electron chi connectivity index (χ1n) is 9.73. The first-order chi connectivity index (χ1) is 14.1. The van der Waals surface area contributed by atoms with Crippen LogP contribution < -0.4 is 5.32 Å². The molecular formula is C22H23N5O2. The molecule has 0 saturated carbocycles. The van der Waals surface area contributed by atoms with Crippen molar-refractivity contribution in [2.24, 2.45) is 5.92 Å². The molecule has 29 heavy (non-hydrogen) atoms. The van der Waals surface area contributed by atoms with Crippen LogP contribution in [-0.2, 0) is 4.79 Å². The van der Waals surface area contributed by atoms with Gasteiger partial charge in [-0.05, 0) is 50.1 Å². The average molecular weight is 389 g/mol. The average Bonchev–Trinajstić information content (AvgIpc) is 3.26. The number of hydrogen-bond donors (Lipinski definition) is 2. The van der Waals surface area contributed by atoms with Crippen molar-refractivity contribution >= 4 is 17.5 Å². The summed E-state index contributed by atoms with van der Waals surface area (Å²) in [5, 5.41) is 10.0. The number of carbonyl (C=O) groups excluding carboxylic acids is 2. The smallest absolute Gasteiger partial charge is 0.271 e. The van der Waals surface area contributed by atoms with Gasteiger partial charge < -0.3 is 10.2 Å². The molecule has 7 heteroatoms. The van der Waals surface area contributed by atoms with Gasteiger partial charge in [0.25, 0.3) is 5.91 Å². The number of aromatic amines is 1. The fourth-order valence-corrected chi connectivity index (χ4v) is 3.52. The van der Waals surface area contributed by atoms with E-state index in [-0.39, 0.29) is 17.7 Å². The summed E-state index contributed by atoms with van der Waals surface area (Å²) in [4.78, 5) is 31.4. The molecule has 2 N–H and O–H groups in total. The van der Waals surface area contributed by atoms with Crippen LogP contribution in [0.1, 0.15) is 28.9 Å². The molecule has 1 fully saturated rings. The first kappa shape index (κ1) is 18.9. The van der Waals surface area contributed by atoms with Gasteiger partial charge >= 0.3 is 0 Å². The van der Waals surface area contributed by atoms with E-state index in [1.54, 1.807) is 23.4 Å². The lowest BCUT2D eigenvalue weighted by Crippen LogP contribution is -2.43. The Morgan fingerprint density at radius 3 is 2.79 bits per heavy atom. The number of carbonyl (C=O) groups is 2. The minimum atomic E-state index is -0.227. The zero-order chi connectivity index (χ0) is 20.2. The fraction of sp³-hybridized carbons (Fsp3) is 0.273. The summed E-state index contributed by atoms with van der Waals surface area (Å²) < 4.78 is 0. The third-order valence-electron chi connectivity index (χ3n) is 5.16. The number of nitrogens with one attached hydrogen (secondary N) is 2. The number of H-pyrrole nitrogens is 1. The Labute approximate surface area is 169 Å². The molecule has 0 bridgehead atoms. The van der Waals surface area contributed by atoms with Crippen LogP contribution in [0.5, 0.6) is 0 Å². The van der Waals surface area contributed by atoms with Crippen LogP contribution in [0.3, 0.4) is 0 Å². The van der Waals surface area contributed by atoms with Crippen molar-refractivity contribution in [2.45, 2.75) is 19.8 Å². The number of anilines is 1. The lowest BCUT2D eigenvalue weighted by Gasteiger charge is -2.31. The van der Waals surface area contributed by atoms with Crippen LogP contribution in [0.15, 0.2) is 54.9 Å². The van der Waals surface area contributed by atoms with Gasteiger partial charge in [-0.3, -0.25) is 19.7 Å². The third-order valence-corrected chi connectivity index (χ3v) is 5.16. The quantitative estimate of drug-likeness (QED) is 0.716. The molecule has 1 atom stereocenters. The van der Waals surface area contributed by atoms with Gasteiger partial charge in [0.15, 0.2) is 0 Å². The Bertz CT molecular complexity index is 998. The highest BCUT2D eigenvalue weighted by molar-refractivity contribution is 5.95. The molecule has 2 aromatic heterocycles. The maximum absolute atomic E-state index is 12.9. The third kappa shape index (κ3) is 4.34. The van der Waals surface area contributed by atoms with E-state index in [0.29, 0.717) is 24.5 Å². The molecule has 148 valence electrons. The normalized spacial score (nSPS) is 16.4. The topological polar surface area (TPSA) is 91.0 Å². The van der Waals surface area contributed by atoms with Gasteiger partial charge in [-0.25, -0.2) is 0 Å². The van der Waals surface area contributed by atoms with Crippen molar-refractivity contribution < 1.29 is 9.59 Å². The van der Waals surface area contributed by atoms with Crippen molar-refractivity contribution in [1.29, 1.82) is 0 Å². The number of aryl methyl sites for hydroxylation is 1. The van der Waals surface area contributed by atoms with E-state index in [1.807, 2.05) is 43.3 Å². The number of hydrogen-bond acceptors (Lipinski definition) is 4. The molecule has 0 unspecified atom stereocenters. The summed E-state index contributed by atoms with van der Waals surface area (Å²) in [5.74, 6) is -0.415. The number of rotatable bonds is 4. The maximum Gasteiger partial charge on any atom is 0.271 e. The Morgan fingerprint density at radius 2 is 2.03 bits per heavy atom. The van der Waals surface area contributed by atoms with Crippen molar-refractivity contribution in [3.8, 4) is 11.3 Å². The largest absolute Gasteiger partial charge is 0.337 e. The molecule has 2 amide bonds. The highest BCUT2D eigenvalue weighted by atomic mass is 16.2. The molecule has 3 aromatic rings. The lowest BCUT2D eigenvalue weighted by molar-refractivity contribution is -0.121. The summed E-state index contributed by atoms with van der Waals surface area (Å²) in [6.07, 6.45) is 4.96. The number of likely N-dealkylation sites (tertiary alicyclic amines) is 1. The van der Waals surface area contributed by atoms with Crippen LogP contribution in [0.25, 0.3) is 11.3 Å². The monoisotopic (exact) mass is 389 g/mol. The SMILES string of the molecule is Cc1ccc(NC(=O)[C@H]2CCCN(C(=O)c3cc(-c4cccnc4)n[nH]3)C2)cc1. The number of piperidine rings is 1. The molecule has 0 spiro atoms. The van der Waals surface area contributed by atoms with Gasteiger partial charge in [0.05, 0.1) is 11.6 Å². The Hall–Kier alpha value is -3.48. The van der Waals surface area contributed by atoms with Gasteiger partial charge in [0, 0.05) is 36.7 Å². The van der Waals surface area contributed by atoms with Gasteiger partial charge in [-0.1, -0.05) is 17.7 Å². The summed E-state index contributed by atoms with van der Waals surface area (Å²) in [6.45, 7) is 3.04. The van der Waals surface area contributed by atoms with Gasteiger partial charge in [0.2, 0.25) is 5.91 Å². The predicted molar refractivity (Wildman–Crippen MR) is 110 cm³/mol. The number of nitrogens with zero attached hydrogens (tertiary/aromatic N) is 3.